The second kappa shape index (κ2) is 6.36. The Balaban J connectivity index is 1.88. The Morgan fingerprint density at radius 2 is 2.04 bits per heavy atom. The summed E-state index contributed by atoms with van der Waals surface area (Å²) in [6.07, 6.45) is 8.23. The molecule has 0 radical (unpaired) electrons. The van der Waals surface area contributed by atoms with Crippen LogP contribution in [-0.4, -0.2) is 19.6 Å². The Bertz CT molecular complexity index is 1060. The van der Waals surface area contributed by atoms with Gasteiger partial charge in [0.2, 0.25) is 0 Å². The van der Waals surface area contributed by atoms with E-state index < -0.39 is 0 Å². The third-order valence-electron chi connectivity index (χ3n) is 4.40. The lowest BCUT2D eigenvalue weighted by atomic mass is 10.1. The number of nitrogen functional groups attached to an aromatic ring is 1. The van der Waals surface area contributed by atoms with E-state index in [1.54, 1.807) is 0 Å². The SMILES string of the molecule is C=CCCCc1cc(-c2cnc3ccccc3c2)c2c(N)ncnn12. The summed E-state index contributed by atoms with van der Waals surface area (Å²) in [5, 5.41) is 5.51. The molecule has 2 N–H and O–H groups in total. The van der Waals surface area contributed by atoms with Crippen LogP contribution in [0.5, 0.6) is 0 Å². The summed E-state index contributed by atoms with van der Waals surface area (Å²) in [6.45, 7) is 3.79. The molecule has 124 valence electrons. The maximum atomic E-state index is 6.17. The van der Waals surface area contributed by atoms with Crippen molar-refractivity contribution in [1.82, 2.24) is 19.6 Å². The molecule has 3 heterocycles. The van der Waals surface area contributed by atoms with Crippen molar-refractivity contribution in [2.45, 2.75) is 19.3 Å². The van der Waals surface area contributed by atoms with Crippen molar-refractivity contribution in [3.63, 3.8) is 0 Å². The number of anilines is 1. The van der Waals surface area contributed by atoms with Crippen LogP contribution >= 0.6 is 0 Å². The number of para-hydroxylation sites is 1. The summed E-state index contributed by atoms with van der Waals surface area (Å²) in [5.74, 6) is 0.480. The van der Waals surface area contributed by atoms with Crippen LogP contribution in [0.25, 0.3) is 27.5 Å². The van der Waals surface area contributed by atoms with Gasteiger partial charge in [-0.15, -0.1) is 6.58 Å². The molecule has 3 aromatic heterocycles. The molecule has 0 unspecified atom stereocenters. The highest BCUT2D eigenvalue weighted by molar-refractivity contribution is 5.92. The van der Waals surface area contributed by atoms with Crippen LogP contribution in [0.15, 0.2) is 61.6 Å². The first-order valence-corrected chi connectivity index (χ1v) is 8.35. The van der Waals surface area contributed by atoms with Crippen LogP contribution in [0.2, 0.25) is 0 Å². The molecule has 4 aromatic rings. The number of benzene rings is 1. The number of rotatable bonds is 5. The van der Waals surface area contributed by atoms with Gasteiger partial charge in [0.1, 0.15) is 11.8 Å². The van der Waals surface area contributed by atoms with E-state index in [-0.39, 0.29) is 0 Å². The predicted molar refractivity (Wildman–Crippen MR) is 101 cm³/mol. The summed E-state index contributed by atoms with van der Waals surface area (Å²) < 4.78 is 1.90. The highest BCUT2D eigenvalue weighted by atomic mass is 15.3. The fourth-order valence-corrected chi connectivity index (χ4v) is 3.18. The molecule has 4 rings (SSSR count). The molecule has 0 aliphatic rings. The molecule has 0 saturated carbocycles. The maximum absolute atomic E-state index is 6.17. The van der Waals surface area contributed by atoms with Gasteiger partial charge in [-0.2, -0.15) is 5.10 Å². The highest BCUT2D eigenvalue weighted by Gasteiger charge is 2.15. The van der Waals surface area contributed by atoms with Crippen molar-refractivity contribution in [2.75, 3.05) is 5.73 Å². The summed E-state index contributed by atoms with van der Waals surface area (Å²) >= 11 is 0. The molecule has 0 spiro atoms. The predicted octanol–water partition coefficient (Wildman–Crippen LogP) is 4.04. The monoisotopic (exact) mass is 329 g/mol. The van der Waals surface area contributed by atoms with E-state index in [0.717, 1.165) is 52.5 Å². The normalized spacial score (nSPS) is 11.2. The highest BCUT2D eigenvalue weighted by Crippen LogP contribution is 2.31. The van der Waals surface area contributed by atoms with E-state index >= 15 is 0 Å². The zero-order valence-corrected chi connectivity index (χ0v) is 13.9. The number of hydrogen-bond donors (Lipinski definition) is 1. The van der Waals surface area contributed by atoms with Crippen molar-refractivity contribution in [3.05, 3.63) is 67.3 Å². The molecule has 0 amide bonds. The van der Waals surface area contributed by atoms with Gasteiger partial charge in [0.15, 0.2) is 5.82 Å². The van der Waals surface area contributed by atoms with Crippen LogP contribution in [0.4, 0.5) is 5.82 Å². The standard InChI is InChI=1S/C20H19N5/c1-2-3-4-8-16-11-17(19-20(21)23-13-24-25(16)19)15-10-14-7-5-6-9-18(14)22-12-15/h2,5-7,9-13H,1,3-4,8H2,(H2,21,23,24). The van der Waals surface area contributed by atoms with Crippen LogP contribution in [-0.2, 0) is 6.42 Å². The van der Waals surface area contributed by atoms with Crippen LogP contribution in [0.3, 0.4) is 0 Å². The van der Waals surface area contributed by atoms with Crippen LogP contribution < -0.4 is 5.73 Å². The summed E-state index contributed by atoms with van der Waals surface area (Å²) in [6, 6.07) is 12.4. The lowest BCUT2D eigenvalue weighted by molar-refractivity contribution is 0.766. The third kappa shape index (κ3) is 2.74. The molecule has 0 bridgehead atoms. The second-order valence-electron chi connectivity index (χ2n) is 6.05. The molecule has 0 fully saturated rings. The van der Waals surface area contributed by atoms with Gasteiger partial charge in [0.25, 0.3) is 0 Å². The molecule has 0 aliphatic heterocycles. The number of aromatic nitrogens is 4. The number of fused-ring (bicyclic) bond motifs is 2. The quantitative estimate of drug-likeness (QED) is 0.443. The van der Waals surface area contributed by atoms with E-state index in [1.807, 2.05) is 35.0 Å². The maximum Gasteiger partial charge on any atom is 0.151 e. The number of pyridine rings is 1. The van der Waals surface area contributed by atoms with Gasteiger partial charge in [-0.1, -0.05) is 24.3 Å². The number of aryl methyl sites for hydroxylation is 1. The first-order chi connectivity index (χ1) is 12.3. The van der Waals surface area contributed by atoms with Gasteiger partial charge >= 0.3 is 0 Å². The van der Waals surface area contributed by atoms with Crippen molar-refractivity contribution in [1.29, 1.82) is 0 Å². The van der Waals surface area contributed by atoms with Gasteiger partial charge in [-0.05, 0) is 37.5 Å². The Morgan fingerprint density at radius 1 is 1.16 bits per heavy atom. The fourth-order valence-electron chi connectivity index (χ4n) is 3.18. The lowest BCUT2D eigenvalue weighted by Crippen LogP contribution is -2.02. The van der Waals surface area contributed by atoms with Crippen LogP contribution in [0, 0.1) is 0 Å². The Hall–Kier alpha value is -3.21. The molecular weight excluding hydrogens is 310 g/mol. The molecule has 25 heavy (non-hydrogen) atoms. The zero-order valence-electron chi connectivity index (χ0n) is 13.9. The first kappa shape index (κ1) is 15.3. The van der Waals surface area contributed by atoms with Crippen molar-refractivity contribution in [3.8, 4) is 11.1 Å². The summed E-state index contributed by atoms with van der Waals surface area (Å²) in [5.41, 5.74) is 11.1. The van der Waals surface area contributed by atoms with E-state index in [9.17, 15) is 0 Å². The molecule has 0 atom stereocenters. The average molecular weight is 329 g/mol. The minimum Gasteiger partial charge on any atom is -0.382 e. The van der Waals surface area contributed by atoms with Crippen LogP contribution in [0.1, 0.15) is 18.5 Å². The van der Waals surface area contributed by atoms with Gasteiger partial charge < -0.3 is 5.73 Å². The number of nitrogens with zero attached hydrogens (tertiary/aromatic N) is 4. The van der Waals surface area contributed by atoms with Gasteiger partial charge in [-0.3, -0.25) is 4.98 Å². The number of hydrogen-bond acceptors (Lipinski definition) is 4. The van der Waals surface area contributed by atoms with E-state index in [0.29, 0.717) is 5.82 Å². The largest absolute Gasteiger partial charge is 0.382 e. The fraction of sp³-hybridized carbons (Fsp3) is 0.150. The first-order valence-electron chi connectivity index (χ1n) is 8.35. The lowest BCUT2D eigenvalue weighted by Gasteiger charge is -2.04. The number of allylic oxidation sites excluding steroid dienone is 1. The summed E-state index contributed by atoms with van der Waals surface area (Å²) in [7, 11) is 0. The van der Waals surface area contributed by atoms with Crippen molar-refractivity contribution < 1.29 is 0 Å². The molecule has 5 nitrogen and oxygen atoms in total. The number of nitrogens with two attached hydrogens (primary N) is 1. The number of unbranched alkanes of at least 4 members (excludes halogenated alkanes) is 1. The second-order valence-corrected chi connectivity index (χ2v) is 6.05. The van der Waals surface area contributed by atoms with E-state index in [1.165, 1.54) is 6.33 Å². The smallest absolute Gasteiger partial charge is 0.151 e. The van der Waals surface area contributed by atoms with Gasteiger partial charge in [-0.25, -0.2) is 9.50 Å². The summed E-state index contributed by atoms with van der Waals surface area (Å²) in [4.78, 5) is 8.75. The van der Waals surface area contributed by atoms with Crippen molar-refractivity contribution in [2.24, 2.45) is 0 Å². The minimum atomic E-state index is 0.480. The molecule has 0 saturated heterocycles. The Morgan fingerprint density at radius 3 is 2.92 bits per heavy atom. The molecule has 5 heteroatoms. The minimum absolute atomic E-state index is 0.480. The zero-order chi connectivity index (χ0) is 17.2. The Labute approximate surface area is 145 Å². The average Bonchev–Trinajstić information content (AvgIpc) is 3.02. The Kier molecular flexibility index (Phi) is 3.90. The van der Waals surface area contributed by atoms with E-state index in [4.69, 9.17) is 5.73 Å². The molecule has 1 aromatic carbocycles. The topological polar surface area (TPSA) is 69.1 Å². The van der Waals surface area contributed by atoms with Gasteiger partial charge in [0.05, 0.1) is 5.52 Å². The molecule has 0 aliphatic carbocycles. The van der Waals surface area contributed by atoms with Gasteiger partial charge in [0, 0.05) is 28.4 Å². The molecular formula is C20H19N5. The van der Waals surface area contributed by atoms with E-state index in [2.05, 4.69) is 39.8 Å². The van der Waals surface area contributed by atoms with Crippen molar-refractivity contribution >= 4 is 22.2 Å². The third-order valence-corrected chi connectivity index (χ3v) is 4.40.